The van der Waals surface area contributed by atoms with Gasteiger partial charge in [-0.05, 0) is 42.6 Å². The maximum atomic E-state index is 13.2. The standard InChI is InChI=1S/C24H24N2O3/c1-2-19(22(27)25-18-9-5-7-14-6-3-4-8-17(14)18)26-23(28)20-15-10-11-16(13-12-15)21(20)24(26)29/h3-11,15-16,19-21H,2,12-13H2,1H3,(H,25,27)/t15-,16-,19+,20+,21+/m0/s1. The molecule has 1 N–H and O–H groups in total. The molecule has 1 saturated carbocycles. The lowest BCUT2D eigenvalue weighted by atomic mass is 9.63. The number of fused-ring (bicyclic) bond motifs is 2. The highest BCUT2D eigenvalue weighted by atomic mass is 16.2. The van der Waals surface area contributed by atoms with Crippen LogP contribution in [0.5, 0.6) is 0 Å². The van der Waals surface area contributed by atoms with Crippen LogP contribution in [0.15, 0.2) is 54.6 Å². The third kappa shape index (κ3) is 2.71. The molecule has 2 aromatic rings. The Kier molecular flexibility index (Phi) is 4.26. The predicted octanol–water partition coefficient (Wildman–Crippen LogP) is 3.75. The van der Waals surface area contributed by atoms with Crippen molar-refractivity contribution >= 4 is 34.2 Å². The van der Waals surface area contributed by atoms with E-state index in [0.717, 1.165) is 23.6 Å². The smallest absolute Gasteiger partial charge is 0.247 e. The first-order chi connectivity index (χ1) is 14.1. The van der Waals surface area contributed by atoms with Gasteiger partial charge in [-0.25, -0.2) is 0 Å². The van der Waals surface area contributed by atoms with Crippen LogP contribution in [0.25, 0.3) is 10.8 Å². The number of nitrogens with zero attached hydrogens (tertiary/aromatic N) is 1. The quantitative estimate of drug-likeness (QED) is 0.641. The predicted molar refractivity (Wildman–Crippen MR) is 111 cm³/mol. The van der Waals surface area contributed by atoms with Crippen molar-refractivity contribution in [1.29, 1.82) is 0 Å². The zero-order valence-electron chi connectivity index (χ0n) is 16.4. The molecule has 5 heteroatoms. The highest BCUT2D eigenvalue weighted by molar-refractivity contribution is 6.11. The number of carbonyl (C=O) groups is 3. The highest BCUT2D eigenvalue weighted by Gasteiger charge is 2.58. The summed E-state index contributed by atoms with van der Waals surface area (Å²) in [5.74, 6) is -0.950. The van der Waals surface area contributed by atoms with Crippen LogP contribution in [0.1, 0.15) is 26.2 Å². The summed E-state index contributed by atoms with van der Waals surface area (Å²) in [7, 11) is 0. The van der Waals surface area contributed by atoms with Crippen LogP contribution < -0.4 is 5.32 Å². The van der Waals surface area contributed by atoms with E-state index >= 15 is 0 Å². The zero-order chi connectivity index (χ0) is 20.1. The number of amides is 3. The Bertz CT molecular complexity index is 1010. The molecular formula is C24H24N2O3. The molecule has 5 atom stereocenters. The number of imide groups is 1. The van der Waals surface area contributed by atoms with Crippen molar-refractivity contribution in [2.75, 3.05) is 5.32 Å². The highest BCUT2D eigenvalue weighted by Crippen LogP contribution is 2.50. The Morgan fingerprint density at radius 1 is 1.00 bits per heavy atom. The molecule has 0 aromatic heterocycles. The van der Waals surface area contributed by atoms with Gasteiger partial charge in [0.25, 0.3) is 0 Å². The summed E-state index contributed by atoms with van der Waals surface area (Å²) in [4.78, 5) is 40.9. The molecule has 148 valence electrons. The number of likely N-dealkylation sites (tertiary alicyclic amines) is 1. The molecule has 5 nitrogen and oxygen atoms in total. The van der Waals surface area contributed by atoms with Crippen LogP contribution in [0, 0.1) is 23.7 Å². The summed E-state index contributed by atoms with van der Waals surface area (Å²) in [6, 6.07) is 12.8. The maximum absolute atomic E-state index is 13.2. The molecule has 2 fully saturated rings. The van der Waals surface area contributed by atoms with Crippen molar-refractivity contribution in [3.8, 4) is 0 Å². The summed E-state index contributed by atoms with van der Waals surface area (Å²) in [5, 5.41) is 4.94. The average molecular weight is 388 g/mol. The normalized spacial score (nSPS) is 28.7. The minimum Gasteiger partial charge on any atom is -0.324 e. The fraction of sp³-hybridized carbons (Fsp3) is 0.375. The number of rotatable bonds is 4. The number of anilines is 1. The largest absolute Gasteiger partial charge is 0.324 e. The first kappa shape index (κ1) is 18.1. The van der Waals surface area contributed by atoms with Gasteiger partial charge in [0, 0.05) is 11.1 Å². The number of hydrogen-bond acceptors (Lipinski definition) is 3. The fourth-order valence-corrected chi connectivity index (χ4v) is 5.44. The lowest BCUT2D eigenvalue weighted by molar-refractivity contribution is -0.146. The molecule has 1 saturated heterocycles. The van der Waals surface area contributed by atoms with Crippen molar-refractivity contribution in [1.82, 2.24) is 4.90 Å². The van der Waals surface area contributed by atoms with Crippen LogP contribution in [0.2, 0.25) is 0 Å². The molecule has 3 aliphatic carbocycles. The Morgan fingerprint density at radius 2 is 1.62 bits per heavy atom. The van der Waals surface area contributed by atoms with Crippen molar-refractivity contribution < 1.29 is 14.4 Å². The number of allylic oxidation sites excluding steroid dienone is 2. The second-order valence-corrected chi connectivity index (χ2v) is 8.33. The van der Waals surface area contributed by atoms with Gasteiger partial charge in [0.1, 0.15) is 6.04 Å². The number of carbonyl (C=O) groups excluding carboxylic acids is 3. The molecule has 0 unspecified atom stereocenters. The molecule has 0 spiro atoms. The van der Waals surface area contributed by atoms with E-state index in [-0.39, 0.29) is 41.4 Å². The summed E-state index contributed by atoms with van der Waals surface area (Å²) in [5.41, 5.74) is 0.699. The second kappa shape index (κ2) is 6.83. The number of hydrogen-bond donors (Lipinski definition) is 1. The molecule has 1 aliphatic heterocycles. The Balaban J connectivity index is 1.43. The van der Waals surface area contributed by atoms with E-state index in [1.165, 1.54) is 4.90 Å². The van der Waals surface area contributed by atoms with E-state index in [0.29, 0.717) is 12.1 Å². The van der Waals surface area contributed by atoms with Crippen molar-refractivity contribution in [2.45, 2.75) is 32.2 Å². The lowest BCUT2D eigenvalue weighted by Crippen LogP contribution is -2.47. The molecule has 2 aromatic carbocycles. The zero-order valence-corrected chi connectivity index (χ0v) is 16.4. The third-order valence-corrected chi connectivity index (χ3v) is 6.84. The van der Waals surface area contributed by atoms with Gasteiger partial charge in [0.2, 0.25) is 17.7 Å². The van der Waals surface area contributed by atoms with Crippen LogP contribution in [0.4, 0.5) is 5.69 Å². The van der Waals surface area contributed by atoms with Crippen molar-refractivity contribution in [2.24, 2.45) is 23.7 Å². The van der Waals surface area contributed by atoms with Gasteiger partial charge in [-0.2, -0.15) is 0 Å². The molecule has 1 heterocycles. The second-order valence-electron chi connectivity index (χ2n) is 8.33. The van der Waals surface area contributed by atoms with E-state index in [1.807, 2.05) is 49.4 Å². The van der Waals surface area contributed by atoms with Gasteiger partial charge in [-0.1, -0.05) is 55.5 Å². The molecule has 0 radical (unpaired) electrons. The van der Waals surface area contributed by atoms with E-state index in [4.69, 9.17) is 0 Å². The molecule has 3 amide bonds. The summed E-state index contributed by atoms with van der Waals surface area (Å²) < 4.78 is 0. The van der Waals surface area contributed by atoms with Gasteiger partial charge in [-0.15, -0.1) is 0 Å². The minimum absolute atomic E-state index is 0.130. The molecular weight excluding hydrogens is 364 g/mol. The summed E-state index contributed by atoms with van der Waals surface area (Å²) in [6.45, 7) is 1.85. The Hall–Kier alpha value is -2.95. The topological polar surface area (TPSA) is 66.5 Å². The fourth-order valence-electron chi connectivity index (χ4n) is 5.44. The van der Waals surface area contributed by atoms with Gasteiger partial charge in [-0.3, -0.25) is 19.3 Å². The molecule has 4 aliphatic rings. The SMILES string of the molecule is CC[C@H](C(=O)Nc1cccc2ccccc12)N1C(=O)[C@H]2[C@H](C1=O)[C@H]1C=C[C@H]2CC1. The van der Waals surface area contributed by atoms with Crippen LogP contribution >= 0.6 is 0 Å². The summed E-state index contributed by atoms with van der Waals surface area (Å²) >= 11 is 0. The van der Waals surface area contributed by atoms with E-state index in [2.05, 4.69) is 17.5 Å². The van der Waals surface area contributed by atoms with Gasteiger partial charge >= 0.3 is 0 Å². The van der Waals surface area contributed by atoms with E-state index in [1.54, 1.807) is 0 Å². The number of benzene rings is 2. The number of nitrogens with one attached hydrogen (secondary N) is 1. The van der Waals surface area contributed by atoms with E-state index in [9.17, 15) is 14.4 Å². The molecule has 29 heavy (non-hydrogen) atoms. The minimum atomic E-state index is -0.779. The Labute approximate surface area is 169 Å². The first-order valence-corrected chi connectivity index (χ1v) is 10.4. The Morgan fingerprint density at radius 3 is 2.24 bits per heavy atom. The average Bonchev–Trinajstić information content (AvgIpc) is 3.03. The van der Waals surface area contributed by atoms with E-state index < -0.39 is 6.04 Å². The van der Waals surface area contributed by atoms with Crippen molar-refractivity contribution in [3.05, 3.63) is 54.6 Å². The monoisotopic (exact) mass is 388 g/mol. The van der Waals surface area contributed by atoms with Gasteiger partial charge < -0.3 is 5.32 Å². The molecule has 6 rings (SSSR count). The maximum Gasteiger partial charge on any atom is 0.247 e. The van der Waals surface area contributed by atoms with Crippen molar-refractivity contribution in [3.63, 3.8) is 0 Å². The third-order valence-electron chi connectivity index (χ3n) is 6.84. The van der Waals surface area contributed by atoms with Crippen LogP contribution in [0.3, 0.4) is 0 Å². The first-order valence-electron chi connectivity index (χ1n) is 10.4. The lowest BCUT2D eigenvalue weighted by Gasteiger charge is -2.38. The van der Waals surface area contributed by atoms with Crippen LogP contribution in [-0.4, -0.2) is 28.7 Å². The van der Waals surface area contributed by atoms with Gasteiger partial charge in [0.05, 0.1) is 11.8 Å². The summed E-state index contributed by atoms with van der Waals surface area (Å²) in [6.07, 6.45) is 6.50. The van der Waals surface area contributed by atoms with Gasteiger partial charge in [0.15, 0.2) is 0 Å². The molecule has 2 bridgehead atoms. The van der Waals surface area contributed by atoms with Crippen LogP contribution in [-0.2, 0) is 14.4 Å².